The molecule has 2 aliphatic rings. The molecular formula is C22H29N3O5S2. The Morgan fingerprint density at radius 1 is 0.906 bits per heavy atom. The Bertz CT molecular complexity index is 1120. The van der Waals surface area contributed by atoms with Crippen LogP contribution in [0.3, 0.4) is 0 Å². The number of piperidine rings is 1. The Morgan fingerprint density at radius 2 is 1.56 bits per heavy atom. The second kappa shape index (κ2) is 9.86. The van der Waals surface area contributed by atoms with Gasteiger partial charge in [-0.3, -0.25) is 0 Å². The van der Waals surface area contributed by atoms with Gasteiger partial charge in [0.15, 0.2) is 0 Å². The first-order chi connectivity index (χ1) is 15.4. The summed E-state index contributed by atoms with van der Waals surface area (Å²) in [7, 11) is -7.43. The fraction of sp³-hybridized carbons (Fsp3) is 0.500. The van der Waals surface area contributed by atoms with E-state index in [0.717, 1.165) is 44.9 Å². The van der Waals surface area contributed by atoms with Crippen LogP contribution in [-0.2, 0) is 26.6 Å². The van der Waals surface area contributed by atoms with E-state index in [2.05, 4.69) is 9.71 Å². The van der Waals surface area contributed by atoms with Gasteiger partial charge in [0.2, 0.25) is 25.9 Å². The average Bonchev–Trinajstić information content (AvgIpc) is 3.32. The summed E-state index contributed by atoms with van der Waals surface area (Å²) in [5, 5.41) is 0. The molecule has 4 rings (SSSR count). The number of benzene rings is 1. The van der Waals surface area contributed by atoms with Gasteiger partial charge in [0, 0.05) is 31.4 Å². The first kappa shape index (κ1) is 23.2. The number of sulfonamides is 2. The molecule has 0 bridgehead atoms. The Kier molecular flexibility index (Phi) is 7.14. The first-order valence-electron chi connectivity index (χ1n) is 11.1. The molecule has 32 heavy (non-hydrogen) atoms. The minimum atomic E-state index is -3.83. The number of rotatable bonds is 8. The zero-order valence-electron chi connectivity index (χ0n) is 17.9. The molecule has 174 valence electrons. The van der Waals surface area contributed by atoms with Gasteiger partial charge in [0.25, 0.3) is 0 Å². The van der Waals surface area contributed by atoms with Crippen molar-refractivity contribution < 1.29 is 21.6 Å². The summed E-state index contributed by atoms with van der Waals surface area (Å²) >= 11 is 0. The maximum Gasteiger partial charge on any atom is 0.243 e. The highest BCUT2D eigenvalue weighted by Crippen LogP contribution is 2.26. The molecule has 8 nitrogen and oxygen atoms in total. The van der Waals surface area contributed by atoms with Crippen molar-refractivity contribution in [1.82, 2.24) is 14.0 Å². The van der Waals surface area contributed by atoms with E-state index < -0.39 is 20.0 Å². The molecule has 1 aliphatic carbocycles. The third-order valence-corrected chi connectivity index (χ3v) is 9.30. The van der Waals surface area contributed by atoms with E-state index in [1.54, 1.807) is 18.3 Å². The van der Waals surface area contributed by atoms with Crippen molar-refractivity contribution in [2.24, 2.45) is 0 Å². The molecule has 1 saturated heterocycles. The summed E-state index contributed by atoms with van der Waals surface area (Å²) in [4.78, 5) is 4.39. The van der Waals surface area contributed by atoms with E-state index in [1.165, 1.54) is 28.6 Å². The highest BCUT2D eigenvalue weighted by molar-refractivity contribution is 7.89. The fourth-order valence-electron chi connectivity index (χ4n) is 4.13. The predicted molar refractivity (Wildman–Crippen MR) is 120 cm³/mol. The largest absolute Gasteiger partial charge is 0.474 e. The standard InChI is InChI=1S/C22H29N3O5S2/c26-31(27,24-17-18-7-6-14-23-22(18)30-19-8-2-3-9-19)20-10-12-21(13-11-20)32(28,29)25-15-4-1-5-16-25/h6-7,10-14,19,24H,1-5,8-9,15-17H2. The number of aromatic nitrogens is 1. The van der Waals surface area contributed by atoms with Gasteiger partial charge in [-0.15, -0.1) is 0 Å². The summed E-state index contributed by atoms with van der Waals surface area (Å²) in [6.45, 7) is 1.03. The van der Waals surface area contributed by atoms with Crippen molar-refractivity contribution in [2.45, 2.75) is 67.4 Å². The SMILES string of the molecule is O=S(=O)(NCc1cccnc1OC1CCCC1)c1ccc(S(=O)(=O)N2CCCCC2)cc1. The van der Waals surface area contributed by atoms with Crippen LogP contribution in [0, 0.1) is 0 Å². The lowest BCUT2D eigenvalue weighted by Gasteiger charge is -2.25. The second-order valence-corrected chi connectivity index (χ2v) is 12.0. The topological polar surface area (TPSA) is 106 Å². The maximum atomic E-state index is 12.8. The van der Waals surface area contributed by atoms with Crippen LogP contribution in [0.4, 0.5) is 0 Å². The van der Waals surface area contributed by atoms with Crippen LogP contribution in [0.2, 0.25) is 0 Å². The number of hydrogen-bond acceptors (Lipinski definition) is 6. The van der Waals surface area contributed by atoms with Crippen molar-refractivity contribution in [3.63, 3.8) is 0 Å². The molecular weight excluding hydrogens is 450 g/mol. The summed E-state index contributed by atoms with van der Waals surface area (Å²) in [5.74, 6) is 0.449. The van der Waals surface area contributed by atoms with Crippen LogP contribution in [-0.4, -0.2) is 45.3 Å². The van der Waals surface area contributed by atoms with E-state index in [9.17, 15) is 16.8 Å². The van der Waals surface area contributed by atoms with E-state index in [1.807, 2.05) is 0 Å². The monoisotopic (exact) mass is 479 g/mol. The molecule has 2 heterocycles. The van der Waals surface area contributed by atoms with Gasteiger partial charge in [-0.25, -0.2) is 26.5 Å². The number of pyridine rings is 1. The molecule has 0 radical (unpaired) electrons. The first-order valence-corrected chi connectivity index (χ1v) is 14.0. The lowest BCUT2D eigenvalue weighted by molar-refractivity contribution is 0.199. The zero-order chi connectivity index (χ0) is 22.6. The smallest absolute Gasteiger partial charge is 0.243 e. The van der Waals surface area contributed by atoms with Crippen LogP contribution in [0.15, 0.2) is 52.4 Å². The fourth-order valence-corrected chi connectivity index (χ4v) is 6.65. The van der Waals surface area contributed by atoms with Gasteiger partial charge >= 0.3 is 0 Å². The van der Waals surface area contributed by atoms with Crippen molar-refractivity contribution in [3.8, 4) is 5.88 Å². The van der Waals surface area contributed by atoms with Gasteiger partial charge < -0.3 is 4.74 Å². The van der Waals surface area contributed by atoms with Gasteiger partial charge in [0.1, 0.15) is 6.10 Å². The van der Waals surface area contributed by atoms with Gasteiger partial charge in [-0.1, -0.05) is 12.5 Å². The Labute approximate surface area is 190 Å². The van der Waals surface area contributed by atoms with Crippen LogP contribution in [0.25, 0.3) is 0 Å². The van der Waals surface area contributed by atoms with Crippen molar-refractivity contribution in [2.75, 3.05) is 13.1 Å². The lowest BCUT2D eigenvalue weighted by atomic mass is 10.2. The summed E-state index contributed by atoms with van der Waals surface area (Å²) in [5.41, 5.74) is 0.660. The van der Waals surface area contributed by atoms with Crippen molar-refractivity contribution in [3.05, 3.63) is 48.2 Å². The van der Waals surface area contributed by atoms with Crippen molar-refractivity contribution in [1.29, 1.82) is 0 Å². The molecule has 2 fully saturated rings. The highest BCUT2D eigenvalue weighted by Gasteiger charge is 2.26. The minimum absolute atomic E-state index is 0.0113. The Balaban J connectivity index is 1.44. The van der Waals surface area contributed by atoms with Crippen LogP contribution in [0.5, 0.6) is 5.88 Å². The van der Waals surface area contributed by atoms with Crippen LogP contribution in [0.1, 0.15) is 50.5 Å². The van der Waals surface area contributed by atoms with E-state index in [4.69, 9.17) is 4.74 Å². The quantitative estimate of drug-likeness (QED) is 0.624. The predicted octanol–water partition coefficient (Wildman–Crippen LogP) is 3.06. The Hall–Kier alpha value is -2.01. The Morgan fingerprint density at radius 3 is 2.25 bits per heavy atom. The molecule has 10 heteroatoms. The number of nitrogens with zero attached hydrogens (tertiary/aromatic N) is 2. The summed E-state index contributed by atoms with van der Waals surface area (Å²) < 4.78 is 61.1. The molecule has 0 spiro atoms. The summed E-state index contributed by atoms with van der Waals surface area (Å²) in [6.07, 6.45) is 8.68. The van der Waals surface area contributed by atoms with E-state index in [0.29, 0.717) is 24.5 Å². The molecule has 1 aromatic carbocycles. The number of hydrogen-bond donors (Lipinski definition) is 1. The van der Waals surface area contributed by atoms with Gasteiger partial charge in [-0.2, -0.15) is 4.31 Å². The molecule has 1 aromatic heterocycles. The van der Waals surface area contributed by atoms with E-state index >= 15 is 0 Å². The number of nitrogens with one attached hydrogen (secondary N) is 1. The average molecular weight is 480 g/mol. The van der Waals surface area contributed by atoms with Gasteiger partial charge in [0.05, 0.1) is 9.79 Å². The van der Waals surface area contributed by atoms with Gasteiger partial charge in [-0.05, 0) is 68.9 Å². The van der Waals surface area contributed by atoms with E-state index in [-0.39, 0.29) is 22.4 Å². The maximum absolute atomic E-state index is 12.8. The molecule has 1 saturated carbocycles. The van der Waals surface area contributed by atoms with Crippen molar-refractivity contribution >= 4 is 20.0 Å². The molecule has 1 aliphatic heterocycles. The molecule has 2 aromatic rings. The molecule has 0 amide bonds. The third-order valence-electron chi connectivity index (χ3n) is 5.97. The summed E-state index contributed by atoms with van der Waals surface area (Å²) in [6, 6.07) is 8.91. The highest BCUT2D eigenvalue weighted by atomic mass is 32.2. The van der Waals surface area contributed by atoms with Crippen LogP contribution < -0.4 is 9.46 Å². The molecule has 1 N–H and O–H groups in total. The second-order valence-electron chi connectivity index (χ2n) is 8.25. The normalized spacial score (nSPS) is 18.6. The molecule has 0 atom stereocenters. The minimum Gasteiger partial charge on any atom is -0.474 e. The number of ether oxygens (including phenoxy) is 1. The van der Waals surface area contributed by atoms with Crippen LogP contribution >= 0.6 is 0 Å². The molecule has 0 unspecified atom stereocenters. The third kappa shape index (κ3) is 5.31. The zero-order valence-corrected chi connectivity index (χ0v) is 19.6. The lowest BCUT2D eigenvalue weighted by Crippen LogP contribution is -2.35.